The monoisotopic (exact) mass is 475 g/mol. The van der Waals surface area contributed by atoms with E-state index in [-0.39, 0.29) is 17.7 Å². The number of fused-ring (bicyclic) bond motifs is 1. The van der Waals surface area contributed by atoms with Crippen LogP contribution in [0.1, 0.15) is 24.8 Å². The summed E-state index contributed by atoms with van der Waals surface area (Å²) in [6.45, 7) is 3.90. The topological polar surface area (TPSA) is 74.9 Å². The summed E-state index contributed by atoms with van der Waals surface area (Å²) >= 11 is 0. The average molecular weight is 476 g/mol. The zero-order valence-corrected chi connectivity index (χ0v) is 20.3. The van der Waals surface area contributed by atoms with E-state index in [4.69, 9.17) is 9.47 Å². The van der Waals surface area contributed by atoms with Gasteiger partial charge in [0.05, 0.1) is 20.3 Å². The Morgan fingerprint density at radius 1 is 0.971 bits per heavy atom. The number of morpholine rings is 1. The smallest absolute Gasteiger partial charge is 0.225 e. The average Bonchev–Trinajstić information content (AvgIpc) is 3.30. The van der Waals surface area contributed by atoms with Crippen LogP contribution in [-0.4, -0.2) is 73.1 Å². The highest BCUT2D eigenvalue weighted by atomic mass is 16.5. The first-order valence-corrected chi connectivity index (χ1v) is 12.5. The second-order valence-corrected chi connectivity index (χ2v) is 9.35. The second kappa shape index (κ2) is 10.5. The molecule has 2 aliphatic heterocycles. The van der Waals surface area contributed by atoms with Crippen LogP contribution in [0, 0.1) is 5.92 Å². The van der Waals surface area contributed by atoms with Gasteiger partial charge < -0.3 is 24.3 Å². The van der Waals surface area contributed by atoms with E-state index in [1.54, 1.807) is 7.11 Å². The van der Waals surface area contributed by atoms with Crippen LogP contribution in [0.4, 0.5) is 0 Å². The molecule has 7 nitrogen and oxygen atoms in total. The predicted octanol–water partition coefficient (Wildman–Crippen LogP) is 3.87. The number of nitrogens with one attached hydrogen (secondary N) is 1. The summed E-state index contributed by atoms with van der Waals surface area (Å²) in [5, 5.41) is 1.15. The van der Waals surface area contributed by atoms with E-state index in [1.807, 2.05) is 46.2 Å². The van der Waals surface area contributed by atoms with E-state index < -0.39 is 0 Å². The van der Waals surface area contributed by atoms with E-state index in [0.717, 1.165) is 46.3 Å². The number of para-hydroxylation sites is 1. The van der Waals surface area contributed by atoms with Crippen molar-refractivity contribution < 1.29 is 19.1 Å². The van der Waals surface area contributed by atoms with Crippen molar-refractivity contribution in [1.29, 1.82) is 0 Å². The Balaban J connectivity index is 1.24. The van der Waals surface area contributed by atoms with Crippen molar-refractivity contribution in [2.75, 3.05) is 46.5 Å². The van der Waals surface area contributed by atoms with Crippen LogP contribution < -0.4 is 4.74 Å². The molecule has 2 aromatic carbocycles. The van der Waals surface area contributed by atoms with Crippen LogP contribution >= 0.6 is 0 Å². The molecule has 0 saturated carbocycles. The third kappa shape index (κ3) is 5.05. The minimum atomic E-state index is 0.0208. The molecule has 2 amide bonds. The van der Waals surface area contributed by atoms with E-state index >= 15 is 0 Å². The van der Waals surface area contributed by atoms with Crippen molar-refractivity contribution in [1.82, 2.24) is 14.8 Å². The van der Waals surface area contributed by atoms with Crippen LogP contribution in [0.3, 0.4) is 0 Å². The number of ether oxygens (including phenoxy) is 2. The molecule has 5 rings (SSSR count). The summed E-state index contributed by atoms with van der Waals surface area (Å²) in [6.07, 6.45) is 2.60. The molecule has 2 aliphatic rings. The quantitative estimate of drug-likeness (QED) is 0.587. The Morgan fingerprint density at radius 2 is 1.69 bits per heavy atom. The maximum absolute atomic E-state index is 13.1. The lowest BCUT2D eigenvalue weighted by molar-refractivity contribution is -0.143. The number of aromatic amines is 1. The fourth-order valence-electron chi connectivity index (χ4n) is 5.27. The van der Waals surface area contributed by atoms with Gasteiger partial charge in [0.1, 0.15) is 5.75 Å². The van der Waals surface area contributed by atoms with Gasteiger partial charge in [0.2, 0.25) is 11.8 Å². The molecule has 0 unspecified atom stereocenters. The number of hydrogen-bond acceptors (Lipinski definition) is 4. The standard InChI is InChI=1S/C28H33N3O4/c1-34-22-8-6-20(7-9-22)27-24(23-4-2-3-5-25(23)29-27)10-11-26(32)30-14-12-21(13-15-30)28(33)31-16-18-35-19-17-31/h2-9,21,29H,10-19H2,1H3. The summed E-state index contributed by atoms with van der Waals surface area (Å²) in [5.74, 6) is 1.22. The Labute approximate surface area is 206 Å². The summed E-state index contributed by atoms with van der Waals surface area (Å²) in [7, 11) is 1.66. The first-order valence-electron chi connectivity index (χ1n) is 12.5. The van der Waals surface area contributed by atoms with Gasteiger partial charge in [0.25, 0.3) is 0 Å². The van der Waals surface area contributed by atoms with Gasteiger partial charge in [0.15, 0.2) is 0 Å². The van der Waals surface area contributed by atoms with E-state index in [1.165, 1.54) is 0 Å². The molecule has 1 aromatic heterocycles. The highest BCUT2D eigenvalue weighted by Crippen LogP contribution is 2.32. The third-order valence-electron chi connectivity index (χ3n) is 7.30. The van der Waals surface area contributed by atoms with Gasteiger partial charge in [0, 0.05) is 55.1 Å². The molecule has 2 fully saturated rings. The zero-order chi connectivity index (χ0) is 24.2. The van der Waals surface area contributed by atoms with E-state index in [0.29, 0.717) is 52.2 Å². The molecule has 0 spiro atoms. The predicted molar refractivity (Wildman–Crippen MR) is 135 cm³/mol. The minimum absolute atomic E-state index is 0.0208. The van der Waals surface area contributed by atoms with Gasteiger partial charge in [-0.3, -0.25) is 9.59 Å². The van der Waals surface area contributed by atoms with Gasteiger partial charge in [-0.05, 0) is 60.7 Å². The Bertz CT molecular complexity index is 1170. The summed E-state index contributed by atoms with van der Waals surface area (Å²) < 4.78 is 10.7. The highest BCUT2D eigenvalue weighted by molar-refractivity contribution is 5.91. The highest BCUT2D eigenvalue weighted by Gasteiger charge is 2.31. The third-order valence-corrected chi connectivity index (χ3v) is 7.30. The van der Waals surface area contributed by atoms with Crippen molar-refractivity contribution in [2.45, 2.75) is 25.7 Å². The number of rotatable bonds is 6. The molecule has 7 heteroatoms. The SMILES string of the molecule is COc1ccc(-c2[nH]c3ccccc3c2CCC(=O)N2CCC(C(=O)N3CCOCC3)CC2)cc1. The van der Waals surface area contributed by atoms with Crippen LogP contribution in [0.2, 0.25) is 0 Å². The number of likely N-dealkylation sites (tertiary alicyclic amines) is 1. The van der Waals surface area contributed by atoms with Crippen LogP contribution in [0.25, 0.3) is 22.2 Å². The fraction of sp³-hybridized carbons (Fsp3) is 0.429. The molecule has 35 heavy (non-hydrogen) atoms. The van der Waals surface area contributed by atoms with Crippen molar-refractivity contribution in [3.05, 3.63) is 54.1 Å². The number of methoxy groups -OCH3 is 1. The number of H-pyrrole nitrogens is 1. The molecule has 2 saturated heterocycles. The summed E-state index contributed by atoms with van der Waals surface area (Å²) in [5.41, 5.74) is 4.36. The lowest BCUT2D eigenvalue weighted by Gasteiger charge is -2.35. The molecule has 0 radical (unpaired) electrons. The van der Waals surface area contributed by atoms with Crippen molar-refractivity contribution in [3.8, 4) is 17.0 Å². The normalized spacial score (nSPS) is 17.1. The van der Waals surface area contributed by atoms with Gasteiger partial charge >= 0.3 is 0 Å². The number of hydrogen-bond donors (Lipinski definition) is 1. The lowest BCUT2D eigenvalue weighted by atomic mass is 9.94. The number of amides is 2. The first-order chi connectivity index (χ1) is 17.1. The Kier molecular flexibility index (Phi) is 7.04. The van der Waals surface area contributed by atoms with Gasteiger partial charge in [-0.1, -0.05) is 18.2 Å². The second-order valence-electron chi connectivity index (χ2n) is 9.35. The molecule has 184 valence electrons. The molecule has 3 aromatic rings. The molecule has 3 heterocycles. The van der Waals surface area contributed by atoms with Crippen molar-refractivity contribution >= 4 is 22.7 Å². The number of piperidine rings is 1. The molecule has 0 bridgehead atoms. The van der Waals surface area contributed by atoms with Crippen LogP contribution in [-0.2, 0) is 20.7 Å². The Morgan fingerprint density at radius 3 is 2.40 bits per heavy atom. The maximum Gasteiger partial charge on any atom is 0.225 e. The molecule has 0 atom stereocenters. The number of aromatic nitrogens is 1. The summed E-state index contributed by atoms with van der Waals surface area (Å²) in [6, 6.07) is 16.3. The van der Waals surface area contributed by atoms with E-state index in [2.05, 4.69) is 17.1 Å². The van der Waals surface area contributed by atoms with Crippen molar-refractivity contribution in [2.24, 2.45) is 5.92 Å². The van der Waals surface area contributed by atoms with E-state index in [9.17, 15) is 9.59 Å². The number of aryl methyl sites for hydroxylation is 1. The molecule has 0 aliphatic carbocycles. The molecular formula is C28H33N3O4. The summed E-state index contributed by atoms with van der Waals surface area (Å²) in [4.78, 5) is 33.3. The largest absolute Gasteiger partial charge is 0.497 e. The minimum Gasteiger partial charge on any atom is -0.497 e. The Hall–Kier alpha value is -3.32. The van der Waals surface area contributed by atoms with Gasteiger partial charge in [-0.25, -0.2) is 0 Å². The van der Waals surface area contributed by atoms with Crippen molar-refractivity contribution in [3.63, 3.8) is 0 Å². The number of carbonyl (C=O) groups is 2. The maximum atomic E-state index is 13.1. The lowest BCUT2D eigenvalue weighted by Crippen LogP contribution is -2.47. The molecule has 1 N–H and O–H groups in total. The number of benzene rings is 2. The first kappa shape index (κ1) is 23.4. The molecular weight excluding hydrogens is 442 g/mol. The number of carbonyl (C=O) groups excluding carboxylic acids is 2. The fourth-order valence-corrected chi connectivity index (χ4v) is 5.27. The van der Waals surface area contributed by atoms with Gasteiger partial charge in [-0.2, -0.15) is 0 Å². The van der Waals surface area contributed by atoms with Gasteiger partial charge in [-0.15, -0.1) is 0 Å². The van der Waals surface area contributed by atoms with Crippen LogP contribution in [0.5, 0.6) is 5.75 Å². The zero-order valence-electron chi connectivity index (χ0n) is 20.3. The number of nitrogens with zero attached hydrogens (tertiary/aromatic N) is 2. The van der Waals surface area contributed by atoms with Crippen LogP contribution in [0.15, 0.2) is 48.5 Å².